The number of amides is 1. The molecule has 29 heavy (non-hydrogen) atoms. The van der Waals surface area contributed by atoms with Gasteiger partial charge in [0.25, 0.3) is 0 Å². The molecule has 0 saturated heterocycles. The molecular formula is C20H19Br2ClN2O4. The molecule has 0 bridgehead atoms. The van der Waals surface area contributed by atoms with Crippen LogP contribution in [0, 0.1) is 0 Å². The largest absolute Gasteiger partial charge is 0.487 e. The van der Waals surface area contributed by atoms with Gasteiger partial charge in [0, 0.05) is 22.4 Å². The van der Waals surface area contributed by atoms with Crippen molar-refractivity contribution in [1.82, 2.24) is 0 Å². The molecule has 6 nitrogen and oxygen atoms in total. The first kappa shape index (κ1) is 21.9. The monoisotopic (exact) mass is 544 g/mol. The zero-order chi connectivity index (χ0) is 21.0. The zero-order valence-electron chi connectivity index (χ0n) is 15.3. The number of hydrogen-bond donors (Lipinski definition) is 3. The number of aliphatic carboxylic acids is 1. The van der Waals surface area contributed by atoms with E-state index < -0.39 is 18.3 Å². The summed E-state index contributed by atoms with van der Waals surface area (Å²) in [5.41, 5.74) is 2.37. The van der Waals surface area contributed by atoms with Crippen molar-refractivity contribution in [3.8, 4) is 5.75 Å². The molecule has 3 N–H and O–H groups in total. The number of carbonyl (C=O) groups is 2. The van der Waals surface area contributed by atoms with Crippen LogP contribution in [0.5, 0.6) is 5.75 Å². The van der Waals surface area contributed by atoms with Gasteiger partial charge in [-0.2, -0.15) is 0 Å². The van der Waals surface area contributed by atoms with Gasteiger partial charge in [0.05, 0.1) is 8.95 Å². The third-order valence-corrected chi connectivity index (χ3v) is 5.81. The van der Waals surface area contributed by atoms with Gasteiger partial charge in [-0.1, -0.05) is 11.6 Å². The molecule has 1 saturated carbocycles. The Labute approximate surface area is 190 Å². The van der Waals surface area contributed by atoms with Crippen LogP contribution in [-0.4, -0.2) is 23.0 Å². The summed E-state index contributed by atoms with van der Waals surface area (Å²) in [6.07, 6.45) is 3.00. The number of nitrogens with one attached hydrogen (secondary N) is 2. The molecule has 0 heterocycles. The smallest absolute Gasteiger partial charge is 0.312 e. The lowest BCUT2D eigenvalue weighted by molar-refractivity contribution is -0.139. The maximum Gasteiger partial charge on any atom is 0.312 e. The highest BCUT2D eigenvalue weighted by atomic mass is 79.9. The molecule has 0 aliphatic heterocycles. The van der Waals surface area contributed by atoms with Crippen LogP contribution in [0.15, 0.2) is 39.3 Å². The molecule has 0 radical (unpaired) electrons. The maximum absolute atomic E-state index is 11.6. The first-order chi connectivity index (χ1) is 13.8. The molecule has 154 valence electrons. The SMILES string of the molecule is O=C(O)CC(=O)Nc1cc(Br)c(OCc2cc(Cl)cc(NC3CCC3)c2)c(Br)c1. The summed E-state index contributed by atoms with van der Waals surface area (Å²) in [5, 5.41) is 15.3. The van der Waals surface area contributed by atoms with Gasteiger partial charge in [0.1, 0.15) is 18.8 Å². The molecule has 2 aromatic carbocycles. The Morgan fingerprint density at radius 2 is 1.79 bits per heavy atom. The predicted octanol–water partition coefficient (Wildman–Crippen LogP) is 5.82. The van der Waals surface area contributed by atoms with E-state index in [2.05, 4.69) is 42.5 Å². The number of carbonyl (C=O) groups excluding carboxylic acids is 1. The summed E-state index contributed by atoms with van der Waals surface area (Å²) in [6.45, 7) is 0.307. The van der Waals surface area contributed by atoms with Gasteiger partial charge >= 0.3 is 5.97 Å². The average Bonchev–Trinajstić information content (AvgIpc) is 2.56. The fourth-order valence-electron chi connectivity index (χ4n) is 2.87. The van der Waals surface area contributed by atoms with Crippen molar-refractivity contribution >= 4 is 66.7 Å². The molecular weight excluding hydrogens is 527 g/mol. The second-order valence-corrected chi connectivity index (χ2v) is 8.94. The summed E-state index contributed by atoms with van der Waals surface area (Å²) >= 11 is 13.1. The molecule has 1 aliphatic carbocycles. The van der Waals surface area contributed by atoms with Crippen LogP contribution in [0.1, 0.15) is 31.2 Å². The van der Waals surface area contributed by atoms with Crippen molar-refractivity contribution in [2.24, 2.45) is 0 Å². The minimum atomic E-state index is -1.19. The summed E-state index contributed by atoms with van der Waals surface area (Å²) < 4.78 is 7.18. The Morgan fingerprint density at radius 1 is 1.10 bits per heavy atom. The molecule has 1 fully saturated rings. The van der Waals surface area contributed by atoms with Crippen LogP contribution >= 0.6 is 43.5 Å². The third-order valence-electron chi connectivity index (χ3n) is 4.41. The second kappa shape index (κ2) is 9.82. The van der Waals surface area contributed by atoms with Gasteiger partial charge in [-0.05, 0) is 87.0 Å². The van der Waals surface area contributed by atoms with E-state index in [4.69, 9.17) is 21.4 Å². The van der Waals surface area contributed by atoms with Crippen molar-refractivity contribution in [1.29, 1.82) is 0 Å². The van der Waals surface area contributed by atoms with E-state index in [-0.39, 0.29) is 0 Å². The lowest BCUT2D eigenvalue weighted by Crippen LogP contribution is -2.26. The first-order valence-corrected chi connectivity index (χ1v) is 11.0. The second-order valence-electron chi connectivity index (χ2n) is 6.80. The third kappa shape index (κ3) is 6.35. The normalized spacial score (nSPS) is 13.5. The quantitative estimate of drug-likeness (QED) is 0.363. The van der Waals surface area contributed by atoms with Crippen LogP contribution in [-0.2, 0) is 16.2 Å². The fourth-order valence-corrected chi connectivity index (χ4v) is 4.55. The van der Waals surface area contributed by atoms with Gasteiger partial charge in [0.2, 0.25) is 5.91 Å². The lowest BCUT2D eigenvalue weighted by Gasteiger charge is -2.27. The average molecular weight is 547 g/mol. The standard InChI is InChI=1S/C20H19Br2ClN2O4/c21-16-7-15(25-18(26)9-19(27)28)8-17(22)20(16)29-10-11-4-12(23)6-14(5-11)24-13-2-1-3-13/h4-8,13,24H,1-3,9-10H2,(H,25,26)(H,27,28). The summed E-state index contributed by atoms with van der Waals surface area (Å²) in [5.74, 6) is -1.22. The molecule has 3 rings (SSSR count). The Morgan fingerprint density at radius 3 is 2.38 bits per heavy atom. The van der Waals surface area contributed by atoms with E-state index in [0.29, 0.717) is 38.1 Å². The fraction of sp³-hybridized carbons (Fsp3) is 0.300. The van der Waals surface area contributed by atoms with E-state index >= 15 is 0 Å². The summed E-state index contributed by atoms with van der Waals surface area (Å²) in [7, 11) is 0. The van der Waals surface area contributed by atoms with Crippen molar-refractivity contribution in [3.05, 3.63) is 49.9 Å². The van der Waals surface area contributed by atoms with Crippen LogP contribution < -0.4 is 15.4 Å². The molecule has 2 aromatic rings. The molecule has 1 amide bonds. The predicted molar refractivity (Wildman–Crippen MR) is 120 cm³/mol. The summed E-state index contributed by atoms with van der Waals surface area (Å²) in [6, 6.07) is 9.60. The first-order valence-electron chi connectivity index (χ1n) is 8.99. The Hall–Kier alpha value is -1.77. The van der Waals surface area contributed by atoms with E-state index in [1.807, 2.05) is 18.2 Å². The number of carboxylic acid groups (broad SMARTS) is 1. The highest BCUT2D eigenvalue weighted by Gasteiger charge is 2.17. The Balaban J connectivity index is 1.67. The minimum Gasteiger partial charge on any atom is -0.487 e. The van der Waals surface area contributed by atoms with E-state index in [1.165, 1.54) is 19.3 Å². The number of halogens is 3. The van der Waals surface area contributed by atoms with Gasteiger partial charge in [-0.25, -0.2) is 0 Å². The van der Waals surface area contributed by atoms with Gasteiger partial charge in [0.15, 0.2) is 0 Å². The molecule has 0 unspecified atom stereocenters. The number of hydrogen-bond acceptors (Lipinski definition) is 4. The number of rotatable bonds is 8. The van der Waals surface area contributed by atoms with Gasteiger partial charge in [-0.3, -0.25) is 9.59 Å². The number of benzene rings is 2. The molecule has 0 aromatic heterocycles. The minimum absolute atomic E-state index is 0.307. The number of anilines is 2. The van der Waals surface area contributed by atoms with Crippen LogP contribution in [0.2, 0.25) is 5.02 Å². The molecule has 0 atom stereocenters. The van der Waals surface area contributed by atoms with E-state index in [1.54, 1.807) is 12.1 Å². The van der Waals surface area contributed by atoms with E-state index in [0.717, 1.165) is 11.3 Å². The number of carboxylic acids is 1. The Kier molecular flexibility index (Phi) is 7.43. The topological polar surface area (TPSA) is 87.7 Å². The van der Waals surface area contributed by atoms with Crippen molar-refractivity contribution < 1.29 is 19.4 Å². The summed E-state index contributed by atoms with van der Waals surface area (Å²) in [4.78, 5) is 22.3. The van der Waals surface area contributed by atoms with Crippen molar-refractivity contribution in [2.75, 3.05) is 10.6 Å². The zero-order valence-corrected chi connectivity index (χ0v) is 19.2. The molecule has 0 spiro atoms. The maximum atomic E-state index is 11.6. The van der Waals surface area contributed by atoms with Crippen LogP contribution in [0.25, 0.3) is 0 Å². The van der Waals surface area contributed by atoms with Crippen molar-refractivity contribution in [3.63, 3.8) is 0 Å². The van der Waals surface area contributed by atoms with E-state index in [9.17, 15) is 9.59 Å². The highest BCUT2D eigenvalue weighted by molar-refractivity contribution is 9.11. The number of ether oxygens (including phenoxy) is 1. The molecule has 1 aliphatic rings. The van der Waals surface area contributed by atoms with Gasteiger partial charge in [-0.15, -0.1) is 0 Å². The van der Waals surface area contributed by atoms with Crippen molar-refractivity contribution in [2.45, 2.75) is 38.3 Å². The highest BCUT2D eigenvalue weighted by Crippen LogP contribution is 2.37. The van der Waals surface area contributed by atoms with Gasteiger partial charge < -0.3 is 20.5 Å². The lowest BCUT2D eigenvalue weighted by atomic mass is 9.93. The molecule has 9 heteroatoms. The van der Waals surface area contributed by atoms with Crippen LogP contribution in [0.3, 0.4) is 0 Å². The van der Waals surface area contributed by atoms with Crippen LogP contribution in [0.4, 0.5) is 11.4 Å². The Bertz CT molecular complexity index is 912.